The van der Waals surface area contributed by atoms with Crippen LogP contribution >= 0.6 is 0 Å². The summed E-state index contributed by atoms with van der Waals surface area (Å²) in [5.74, 6) is -2.54. The quantitative estimate of drug-likeness (QED) is 0.268. The second-order valence-corrected chi connectivity index (χ2v) is 9.65. The number of hydrogen-bond acceptors (Lipinski definition) is 7. The normalized spacial score (nSPS) is 20.2. The minimum atomic E-state index is -1.40. The maximum absolute atomic E-state index is 12.9. The van der Waals surface area contributed by atoms with Gasteiger partial charge in [-0.05, 0) is 54.0 Å². The molecule has 0 aliphatic carbocycles. The standard InChI is InChI=1S/C23H37NO6/c1-8-26-20(25)19-17-24(16-18-12-10-9-11-13-18)15-14-23(19,29-27-21(2,3)4)30-28-22(5,6)7/h9-13,19H,8,14-17H2,1-7H3. The summed E-state index contributed by atoms with van der Waals surface area (Å²) >= 11 is 0. The van der Waals surface area contributed by atoms with Crippen LogP contribution in [0.15, 0.2) is 30.3 Å². The molecule has 0 saturated carbocycles. The number of ether oxygens (including phenoxy) is 1. The lowest BCUT2D eigenvalue weighted by molar-refractivity contribution is -0.553. The van der Waals surface area contributed by atoms with Gasteiger partial charge in [0.05, 0.1) is 17.8 Å². The molecule has 30 heavy (non-hydrogen) atoms. The average molecular weight is 424 g/mol. The van der Waals surface area contributed by atoms with E-state index in [4.69, 9.17) is 24.3 Å². The van der Waals surface area contributed by atoms with Gasteiger partial charge in [0.1, 0.15) is 5.92 Å². The van der Waals surface area contributed by atoms with Crippen molar-refractivity contribution in [1.82, 2.24) is 4.90 Å². The highest BCUT2D eigenvalue weighted by atomic mass is 17.3. The number of rotatable bonds is 8. The predicted molar refractivity (Wildman–Crippen MR) is 113 cm³/mol. The molecule has 1 aliphatic rings. The van der Waals surface area contributed by atoms with Gasteiger partial charge < -0.3 is 4.74 Å². The maximum atomic E-state index is 12.9. The molecular formula is C23H37NO6. The van der Waals surface area contributed by atoms with Crippen LogP contribution in [0, 0.1) is 5.92 Å². The highest BCUT2D eigenvalue weighted by Gasteiger charge is 2.54. The minimum absolute atomic E-state index is 0.268. The van der Waals surface area contributed by atoms with Gasteiger partial charge in [-0.15, -0.1) is 0 Å². The number of likely N-dealkylation sites (tertiary alicyclic amines) is 1. The number of piperidine rings is 1. The van der Waals surface area contributed by atoms with Crippen molar-refractivity contribution in [3.8, 4) is 0 Å². The van der Waals surface area contributed by atoms with Crippen molar-refractivity contribution in [2.75, 3.05) is 19.7 Å². The van der Waals surface area contributed by atoms with Gasteiger partial charge in [-0.1, -0.05) is 30.3 Å². The predicted octanol–water partition coefficient (Wildman–Crippen LogP) is 4.26. The summed E-state index contributed by atoms with van der Waals surface area (Å²) in [7, 11) is 0. The van der Waals surface area contributed by atoms with Gasteiger partial charge in [0.15, 0.2) is 0 Å². The topological polar surface area (TPSA) is 66.5 Å². The third-order valence-electron chi connectivity index (χ3n) is 4.43. The fraction of sp³-hybridized carbons (Fsp3) is 0.696. The Morgan fingerprint density at radius 1 is 1.03 bits per heavy atom. The van der Waals surface area contributed by atoms with E-state index in [2.05, 4.69) is 17.0 Å². The van der Waals surface area contributed by atoms with Crippen LogP contribution in [0.2, 0.25) is 0 Å². The van der Waals surface area contributed by atoms with Crippen LogP contribution in [0.1, 0.15) is 60.5 Å². The molecule has 1 saturated heterocycles. The Balaban J connectivity index is 2.27. The molecule has 0 radical (unpaired) electrons. The smallest absolute Gasteiger partial charge is 0.315 e. The van der Waals surface area contributed by atoms with E-state index in [1.165, 1.54) is 5.56 Å². The molecule has 1 unspecified atom stereocenters. The van der Waals surface area contributed by atoms with E-state index in [-0.39, 0.29) is 6.61 Å². The van der Waals surface area contributed by atoms with E-state index >= 15 is 0 Å². The van der Waals surface area contributed by atoms with Crippen molar-refractivity contribution in [3.05, 3.63) is 35.9 Å². The maximum Gasteiger partial charge on any atom is 0.315 e. The molecule has 7 nitrogen and oxygen atoms in total. The Morgan fingerprint density at radius 2 is 1.60 bits per heavy atom. The summed E-state index contributed by atoms with van der Waals surface area (Å²) in [6, 6.07) is 10.1. The van der Waals surface area contributed by atoms with Crippen LogP contribution in [0.4, 0.5) is 0 Å². The molecule has 7 heteroatoms. The second-order valence-electron chi connectivity index (χ2n) is 9.65. The molecule has 1 aliphatic heterocycles. The number of esters is 1. The second kappa shape index (κ2) is 10.2. The first-order chi connectivity index (χ1) is 13.9. The largest absolute Gasteiger partial charge is 0.466 e. The van der Waals surface area contributed by atoms with E-state index in [0.717, 1.165) is 0 Å². The first-order valence-corrected chi connectivity index (χ1v) is 10.6. The zero-order valence-corrected chi connectivity index (χ0v) is 19.4. The summed E-state index contributed by atoms with van der Waals surface area (Å²) in [6.45, 7) is 15.0. The van der Waals surface area contributed by atoms with Gasteiger partial charge in [-0.2, -0.15) is 9.78 Å². The molecule has 1 aromatic carbocycles. The van der Waals surface area contributed by atoms with Crippen LogP contribution < -0.4 is 0 Å². The molecule has 170 valence electrons. The van der Waals surface area contributed by atoms with Gasteiger partial charge in [-0.25, -0.2) is 9.78 Å². The number of carbonyl (C=O) groups excluding carboxylic acids is 1. The molecule has 0 amide bonds. The molecule has 0 aromatic heterocycles. The van der Waals surface area contributed by atoms with Gasteiger partial charge >= 0.3 is 5.97 Å². The SMILES string of the molecule is CCOC(=O)C1CN(Cc2ccccc2)CCC1(OOC(C)(C)C)OOC(C)(C)C. The van der Waals surface area contributed by atoms with Crippen LogP contribution in [-0.2, 0) is 35.6 Å². The number of hydrogen-bond donors (Lipinski definition) is 0. The summed E-state index contributed by atoms with van der Waals surface area (Å²) in [6.07, 6.45) is 0.384. The first kappa shape index (κ1) is 24.8. The van der Waals surface area contributed by atoms with Crippen molar-refractivity contribution in [1.29, 1.82) is 0 Å². The first-order valence-electron chi connectivity index (χ1n) is 10.6. The summed E-state index contributed by atoms with van der Waals surface area (Å²) < 4.78 is 5.36. The Hall–Kier alpha value is -1.51. The van der Waals surface area contributed by atoms with Crippen LogP contribution in [-0.4, -0.2) is 47.6 Å². The summed E-state index contributed by atoms with van der Waals surface area (Å²) in [4.78, 5) is 38.0. The van der Waals surface area contributed by atoms with Crippen molar-refractivity contribution in [2.45, 2.75) is 78.4 Å². The highest BCUT2D eigenvalue weighted by Crippen LogP contribution is 2.37. The molecule has 1 aromatic rings. The van der Waals surface area contributed by atoms with E-state index in [0.29, 0.717) is 26.1 Å². The fourth-order valence-corrected chi connectivity index (χ4v) is 3.06. The lowest BCUT2D eigenvalue weighted by Gasteiger charge is -2.45. The minimum Gasteiger partial charge on any atom is -0.466 e. The van der Waals surface area contributed by atoms with E-state index in [9.17, 15) is 4.79 Å². The Morgan fingerprint density at radius 3 is 2.10 bits per heavy atom. The fourth-order valence-electron chi connectivity index (χ4n) is 3.06. The summed E-state index contributed by atoms with van der Waals surface area (Å²) in [5.41, 5.74) is 0.00284. The van der Waals surface area contributed by atoms with E-state index in [1.54, 1.807) is 6.92 Å². The molecule has 0 bridgehead atoms. The van der Waals surface area contributed by atoms with Gasteiger partial charge in [0.25, 0.3) is 0 Å². The molecule has 0 spiro atoms. The van der Waals surface area contributed by atoms with Crippen molar-refractivity contribution in [3.63, 3.8) is 0 Å². The van der Waals surface area contributed by atoms with Crippen molar-refractivity contribution >= 4 is 5.97 Å². The highest BCUT2D eigenvalue weighted by molar-refractivity contribution is 5.74. The molecule has 1 heterocycles. The molecule has 1 atom stereocenters. The third-order valence-corrected chi connectivity index (χ3v) is 4.43. The Bertz CT molecular complexity index is 647. The zero-order valence-electron chi connectivity index (χ0n) is 19.4. The van der Waals surface area contributed by atoms with Gasteiger partial charge in [-0.3, -0.25) is 9.69 Å². The Kier molecular flexibility index (Phi) is 8.42. The number of nitrogens with zero attached hydrogens (tertiary/aromatic N) is 1. The lowest BCUT2D eigenvalue weighted by atomic mass is 9.90. The van der Waals surface area contributed by atoms with Crippen LogP contribution in [0.3, 0.4) is 0 Å². The third kappa shape index (κ3) is 7.63. The Labute approximate surface area is 180 Å². The van der Waals surface area contributed by atoms with Crippen LogP contribution in [0.5, 0.6) is 0 Å². The van der Waals surface area contributed by atoms with Gasteiger partial charge in [0, 0.05) is 26.1 Å². The van der Waals surface area contributed by atoms with Gasteiger partial charge in [0.2, 0.25) is 5.79 Å². The molecule has 1 fully saturated rings. The average Bonchev–Trinajstić information content (AvgIpc) is 2.66. The number of benzene rings is 1. The molecular weight excluding hydrogens is 386 g/mol. The van der Waals surface area contributed by atoms with Crippen molar-refractivity contribution < 1.29 is 29.1 Å². The lowest BCUT2D eigenvalue weighted by Crippen LogP contribution is -2.58. The van der Waals surface area contributed by atoms with Crippen LogP contribution in [0.25, 0.3) is 0 Å². The van der Waals surface area contributed by atoms with Crippen molar-refractivity contribution in [2.24, 2.45) is 5.92 Å². The zero-order chi connectivity index (χ0) is 22.4. The van der Waals surface area contributed by atoms with E-state index < -0.39 is 28.9 Å². The molecule has 0 N–H and O–H groups in total. The number of carbonyl (C=O) groups is 1. The monoisotopic (exact) mass is 423 g/mol. The van der Waals surface area contributed by atoms with E-state index in [1.807, 2.05) is 59.7 Å². The summed E-state index contributed by atoms with van der Waals surface area (Å²) in [5, 5.41) is 0. The molecule has 2 rings (SSSR count).